The molecule has 0 radical (unpaired) electrons. The van der Waals surface area contributed by atoms with Gasteiger partial charge in [0.1, 0.15) is 0 Å². The van der Waals surface area contributed by atoms with Gasteiger partial charge in [-0.05, 0) is 12.8 Å². The average molecular weight is 287 g/mol. The maximum absolute atomic E-state index is 13.2. The molecule has 1 aromatic rings. The van der Waals surface area contributed by atoms with E-state index in [1.54, 1.807) is 18.9 Å². The van der Waals surface area contributed by atoms with Crippen LogP contribution in [-0.4, -0.2) is 40.5 Å². The van der Waals surface area contributed by atoms with E-state index in [-0.39, 0.29) is 31.6 Å². The number of aromatic nitrogens is 2. The fourth-order valence-electron chi connectivity index (χ4n) is 2.51. The molecule has 1 aliphatic carbocycles. The van der Waals surface area contributed by atoms with Crippen molar-refractivity contribution in [1.82, 2.24) is 15.0 Å². The van der Waals surface area contributed by atoms with E-state index in [1.165, 1.54) is 6.39 Å². The Kier molecular flexibility index (Phi) is 4.06. The number of rotatable bonds is 4. The molecule has 112 valence electrons. The van der Waals surface area contributed by atoms with Gasteiger partial charge in [0.05, 0.1) is 0 Å². The van der Waals surface area contributed by atoms with Gasteiger partial charge in [0, 0.05) is 38.3 Å². The Morgan fingerprint density at radius 3 is 2.60 bits per heavy atom. The molecule has 1 aliphatic rings. The smallest absolute Gasteiger partial charge is 0.248 e. The van der Waals surface area contributed by atoms with Gasteiger partial charge in [0.25, 0.3) is 0 Å². The molecule has 1 saturated carbocycles. The second-order valence-electron chi connectivity index (χ2n) is 5.74. The molecule has 0 atom stereocenters. The number of carbonyl (C=O) groups is 1. The monoisotopic (exact) mass is 287 g/mol. The quantitative estimate of drug-likeness (QED) is 0.852. The Labute approximate surface area is 116 Å². The summed E-state index contributed by atoms with van der Waals surface area (Å²) in [6.45, 7) is 2.22. The van der Waals surface area contributed by atoms with Gasteiger partial charge >= 0.3 is 0 Å². The van der Waals surface area contributed by atoms with Gasteiger partial charge in [-0.15, -0.1) is 0 Å². The summed E-state index contributed by atoms with van der Waals surface area (Å²) in [4.78, 5) is 17.9. The van der Waals surface area contributed by atoms with Crippen LogP contribution in [-0.2, 0) is 11.2 Å². The number of nitrogens with zero attached hydrogens (tertiary/aromatic N) is 3. The lowest BCUT2D eigenvalue weighted by atomic mass is 9.73. The minimum absolute atomic E-state index is 0.0866. The van der Waals surface area contributed by atoms with Gasteiger partial charge in [-0.3, -0.25) is 4.79 Å². The van der Waals surface area contributed by atoms with Gasteiger partial charge in [-0.1, -0.05) is 12.1 Å². The maximum atomic E-state index is 13.2. The number of amides is 1. The lowest BCUT2D eigenvalue weighted by Crippen LogP contribution is -2.45. The summed E-state index contributed by atoms with van der Waals surface area (Å²) in [5.74, 6) is -2.18. The van der Waals surface area contributed by atoms with Crippen molar-refractivity contribution in [2.75, 3.05) is 13.6 Å². The zero-order valence-corrected chi connectivity index (χ0v) is 11.7. The van der Waals surface area contributed by atoms with Crippen LogP contribution in [0.25, 0.3) is 0 Å². The Hall–Kier alpha value is -1.53. The van der Waals surface area contributed by atoms with Gasteiger partial charge in [-0.2, -0.15) is 4.98 Å². The van der Waals surface area contributed by atoms with Crippen molar-refractivity contribution in [3.8, 4) is 0 Å². The molecule has 0 saturated heterocycles. The first kappa shape index (κ1) is 14.9. The molecular weight excluding hydrogens is 268 g/mol. The van der Waals surface area contributed by atoms with Crippen LogP contribution in [0.4, 0.5) is 8.78 Å². The van der Waals surface area contributed by atoms with E-state index in [0.717, 1.165) is 0 Å². The molecule has 0 unspecified atom stereocenters. The van der Waals surface area contributed by atoms with Gasteiger partial charge in [0.2, 0.25) is 18.2 Å². The summed E-state index contributed by atoms with van der Waals surface area (Å²) < 4.78 is 31.0. The summed E-state index contributed by atoms with van der Waals surface area (Å²) in [7, 11) is 1.68. The fourth-order valence-corrected chi connectivity index (χ4v) is 2.51. The normalized spacial score (nSPS) is 20.6. The molecule has 0 bridgehead atoms. The second kappa shape index (κ2) is 5.46. The summed E-state index contributed by atoms with van der Waals surface area (Å²) in [6.07, 6.45) is 1.76. The molecule has 1 aromatic heterocycles. The number of hydrogen-bond acceptors (Lipinski definition) is 4. The van der Waals surface area contributed by atoms with Crippen molar-refractivity contribution in [2.24, 2.45) is 5.41 Å². The molecule has 1 amide bonds. The third-order valence-electron chi connectivity index (χ3n) is 4.03. The Morgan fingerprint density at radius 2 is 2.05 bits per heavy atom. The predicted molar refractivity (Wildman–Crippen MR) is 67.2 cm³/mol. The number of likely N-dealkylation sites (N-methyl/N-ethyl adjacent to an activating group) is 1. The van der Waals surface area contributed by atoms with Crippen LogP contribution < -0.4 is 0 Å². The van der Waals surface area contributed by atoms with Crippen molar-refractivity contribution >= 4 is 5.91 Å². The number of carbonyl (C=O) groups excluding carboxylic acids is 1. The minimum atomic E-state index is -2.62. The Bertz CT molecular complexity index is 452. The van der Waals surface area contributed by atoms with Crippen LogP contribution in [0.2, 0.25) is 0 Å². The highest BCUT2D eigenvalue weighted by molar-refractivity contribution is 5.82. The first-order chi connectivity index (χ1) is 9.32. The third-order valence-corrected chi connectivity index (χ3v) is 4.03. The molecule has 7 heteroatoms. The van der Waals surface area contributed by atoms with Gasteiger partial charge in [0.15, 0.2) is 5.82 Å². The zero-order valence-electron chi connectivity index (χ0n) is 11.7. The minimum Gasteiger partial charge on any atom is -0.345 e. The lowest BCUT2D eigenvalue weighted by Gasteiger charge is -2.38. The third kappa shape index (κ3) is 3.32. The van der Waals surface area contributed by atoms with E-state index in [1.807, 2.05) is 0 Å². The van der Waals surface area contributed by atoms with Crippen LogP contribution in [0.3, 0.4) is 0 Å². The van der Waals surface area contributed by atoms with Gasteiger partial charge < -0.3 is 9.42 Å². The van der Waals surface area contributed by atoms with Crippen molar-refractivity contribution in [3.05, 3.63) is 12.2 Å². The molecule has 1 heterocycles. The standard InChI is InChI=1S/C13H19F2N3O2/c1-12(4-6-13(14,15)7-5-12)11(19)18(2)8-3-10-16-9-20-17-10/h9H,3-8H2,1-2H3. The van der Waals surface area contributed by atoms with E-state index in [2.05, 4.69) is 14.7 Å². The van der Waals surface area contributed by atoms with E-state index < -0.39 is 11.3 Å². The summed E-state index contributed by atoms with van der Waals surface area (Å²) in [5, 5.41) is 3.67. The predicted octanol–water partition coefficient (Wildman–Crippen LogP) is 2.29. The highest BCUT2D eigenvalue weighted by Gasteiger charge is 2.45. The molecule has 5 nitrogen and oxygen atoms in total. The van der Waals surface area contributed by atoms with Crippen molar-refractivity contribution < 1.29 is 18.1 Å². The topological polar surface area (TPSA) is 59.2 Å². The van der Waals surface area contributed by atoms with Crippen LogP contribution >= 0.6 is 0 Å². The molecule has 0 aromatic carbocycles. The summed E-state index contributed by atoms with van der Waals surface area (Å²) in [6, 6.07) is 0. The van der Waals surface area contributed by atoms with E-state index in [0.29, 0.717) is 18.8 Å². The lowest BCUT2D eigenvalue weighted by molar-refractivity contribution is -0.147. The maximum Gasteiger partial charge on any atom is 0.248 e. The second-order valence-corrected chi connectivity index (χ2v) is 5.74. The summed E-state index contributed by atoms with van der Waals surface area (Å²) in [5.41, 5.74) is -0.687. The molecule has 20 heavy (non-hydrogen) atoms. The van der Waals surface area contributed by atoms with Gasteiger partial charge in [-0.25, -0.2) is 8.78 Å². The highest BCUT2D eigenvalue weighted by Crippen LogP contribution is 2.44. The molecule has 0 N–H and O–H groups in total. The molecular formula is C13H19F2N3O2. The molecule has 2 rings (SSSR count). The first-order valence-corrected chi connectivity index (χ1v) is 6.71. The van der Waals surface area contributed by atoms with Crippen molar-refractivity contribution in [2.45, 2.75) is 45.0 Å². The van der Waals surface area contributed by atoms with E-state index in [4.69, 9.17) is 0 Å². The molecule has 1 fully saturated rings. The molecule has 0 aliphatic heterocycles. The average Bonchev–Trinajstić information content (AvgIpc) is 2.92. The largest absolute Gasteiger partial charge is 0.345 e. The van der Waals surface area contributed by atoms with Crippen molar-refractivity contribution in [1.29, 1.82) is 0 Å². The van der Waals surface area contributed by atoms with Crippen molar-refractivity contribution in [3.63, 3.8) is 0 Å². The van der Waals surface area contributed by atoms with Crippen LogP contribution in [0, 0.1) is 5.41 Å². The fraction of sp³-hybridized carbons (Fsp3) is 0.769. The van der Waals surface area contributed by atoms with E-state index in [9.17, 15) is 13.6 Å². The summed E-state index contributed by atoms with van der Waals surface area (Å²) >= 11 is 0. The molecule has 0 spiro atoms. The van der Waals surface area contributed by atoms with E-state index >= 15 is 0 Å². The zero-order chi connectivity index (χ0) is 14.8. The Balaban J connectivity index is 1.89. The van der Waals surface area contributed by atoms with Crippen LogP contribution in [0.5, 0.6) is 0 Å². The SMILES string of the molecule is CN(CCc1ncon1)C(=O)C1(C)CCC(F)(F)CC1. The van der Waals surface area contributed by atoms with Crippen LogP contribution in [0.1, 0.15) is 38.4 Å². The number of halogens is 2. The first-order valence-electron chi connectivity index (χ1n) is 6.71. The number of alkyl halides is 2. The van der Waals surface area contributed by atoms with Crippen LogP contribution in [0.15, 0.2) is 10.9 Å². The Morgan fingerprint density at radius 1 is 1.40 bits per heavy atom. The number of hydrogen-bond donors (Lipinski definition) is 0. The highest BCUT2D eigenvalue weighted by atomic mass is 19.3.